The van der Waals surface area contributed by atoms with Gasteiger partial charge >= 0.3 is 0 Å². The maximum atomic E-state index is 12.3. The molecular formula is C20H18N4O2. The van der Waals surface area contributed by atoms with Crippen molar-refractivity contribution in [3.63, 3.8) is 0 Å². The highest BCUT2D eigenvalue weighted by Gasteiger charge is 2.11. The van der Waals surface area contributed by atoms with Crippen LogP contribution < -0.4 is 10.6 Å². The molecule has 3 rings (SSSR count). The predicted molar refractivity (Wildman–Crippen MR) is 99.6 cm³/mol. The highest BCUT2D eigenvalue weighted by Crippen LogP contribution is 2.13. The number of anilines is 2. The largest absolute Gasteiger partial charge is 0.324 e. The first kappa shape index (κ1) is 17.3. The van der Waals surface area contributed by atoms with E-state index in [1.54, 1.807) is 49.1 Å². The van der Waals surface area contributed by atoms with Gasteiger partial charge in [-0.15, -0.1) is 0 Å². The minimum absolute atomic E-state index is 0.155. The first-order valence-electron chi connectivity index (χ1n) is 8.17. The van der Waals surface area contributed by atoms with Gasteiger partial charge in [0.2, 0.25) is 11.8 Å². The van der Waals surface area contributed by atoms with Gasteiger partial charge in [0.1, 0.15) is 0 Å². The second kappa shape index (κ2) is 8.53. The van der Waals surface area contributed by atoms with E-state index < -0.39 is 0 Å². The highest BCUT2D eigenvalue weighted by molar-refractivity contribution is 5.94. The van der Waals surface area contributed by atoms with Crippen molar-refractivity contribution >= 4 is 23.2 Å². The van der Waals surface area contributed by atoms with Gasteiger partial charge in [0.15, 0.2) is 0 Å². The molecule has 1 aromatic carbocycles. The van der Waals surface area contributed by atoms with Gasteiger partial charge in [0.25, 0.3) is 0 Å². The van der Waals surface area contributed by atoms with E-state index >= 15 is 0 Å². The van der Waals surface area contributed by atoms with Gasteiger partial charge in [-0.05, 0) is 35.4 Å². The molecule has 0 bridgehead atoms. The zero-order valence-electron chi connectivity index (χ0n) is 14.1. The van der Waals surface area contributed by atoms with Crippen molar-refractivity contribution in [1.82, 2.24) is 9.97 Å². The van der Waals surface area contributed by atoms with Crippen LogP contribution in [0, 0.1) is 0 Å². The molecule has 0 aliphatic heterocycles. The lowest BCUT2D eigenvalue weighted by Gasteiger charge is -2.10. The van der Waals surface area contributed by atoms with Crippen LogP contribution in [0.5, 0.6) is 0 Å². The second-order valence-electron chi connectivity index (χ2n) is 5.70. The molecule has 0 aliphatic carbocycles. The summed E-state index contributed by atoms with van der Waals surface area (Å²) in [4.78, 5) is 32.5. The van der Waals surface area contributed by atoms with E-state index in [0.29, 0.717) is 11.4 Å². The third-order valence-electron chi connectivity index (χ3n) is 3.71. The van der Waals surface area contributed by atoms with Gasteiger partial charge in [0.05, 0.1) is 36.6 Å². The molecule has 130 valence electrons. The topological polar surface area (TPSA) is 84.0 Å². The Hall–Kier alpha value is -3.54. The van der Waals surface area contributed by atoms with Gasteiger partial charge in [-0.1, -0.05) is 24.3 Å². The third-order valence-corrected chi connectivity index (χ3v) is 3.71. The van der Waals surface area contributed by atoms with Crippen LogP contribution in [-0.4, -0.2) is 21.8 Å². The first-order chi connectivity index (χ1) is 12.7. The summed E-state index contributed by atoms with van der Waals surface area (Å²) in [6.45, 7) is 0. The Morgan fingerprint density at radius 1 is 0.692 bits per heavy atom. The number of hydrogen-bond donors (Lipinski definition) is 2. The van der Waals surface area contributed by atoms with E-state index in [2.05, 4.69) is 20.6 Å². The van der Waals surface area contributed by atoms with E-state index in [0.717, 1.165) is 11.1 Å². The molecule has 26 heavy (non-hydrogen) atoms. The molecular weight excluding hydrogens is 328 g/mol. The van der Waals surface area contributed by atoms with Crippen molar-refractivity contribution < 1.29 is 9.59 Å². The molecule has 2 N–H and O–H groups in total. The highest BCUT2D eigenvalue weighted by atomic mass is 16.2. The zero-order chi connectivity index (χ0) is 18.2. The molecule has 6 heteroatoms. The lowest BCUT2D eigenvalue weighted by atomic mass is 10.0. The fourth-order valence-corrected chi connectivity index (χ4v) is 2.53. The summed E-state index contributed by atoms with van der Waals surface area (Å²) in [6, 6.07) is 14.5. The average Bonchev–Trinajstić information content (AvgIpc) is 2.65. The average molecular weight is 346 g/mol. The molecule has 0 atom stereocenters. The summed E-state index contributed by atoms with van der Waals surface area (Å²) >= 11 is 0. The van der Waals surface area contributed by atoms with Crippen molar-refractivity contribution in [2.75, 3.05) is 10.6 Å². The normalized spacial score (nSPS) is 10.2. The molecule has 0 fully saturated rings. The number of carbonyl (C=O) groups excluding carboxylic acids is 2. The maximum Gasteiger partial charge on any atom is 0.228 e. The van der Waals surface area contributed by atoms with Crippen molar-refractivity contribution in [1.29, 1.82) is 0 Å². The molecule has 2 amide bonds. The standard InChI is InChI=1S/C20H18N4O2/c25-19(23-17-7-3-9-21-13-17)11-15-5-1-2-6-16(15)12-20(26)24-18-8-4-10-22-14-18/h1-10,13-14H,11-12H2,(H,23,25)(H,24,26). The van der Waals surface area contributed by atoms with Crippen LogP contribution in [0.3, 0.4) is 0 Å². The van der Waals surface area contributed by atoms with Gasteiger partial charge in [-0.25, -0.2) is 0 Å². The molecule has 3 aromatic rings. The number of aromatic nitrogens is 2. The van der Waals surface area contributed by atoms with Crippen LogP contribution in [0.1, 0.15) is 11.1 Å². The van der Waals surface area contributed by atoms with Crippen molar-refractivity contribution in [3.8, 4) is 0 Å². The Labute approximate surface area is 151 Å². The van der Waals surface area contributed by atoms with Crippen molar-refractivity contribution in [2.45, 2.75) is 12.8 Å². The predicted octanol–water partition coefficient (Wildman–Crippen LogP) is 2.84. The third kappa shape index (κ3) is 4.98. The van der Waals surface area contributed by atoms with E-state index in [9.17, 15) is 9.59 Å². The molecule has 0 aliphatic rings. The maximum absolute atomic E-state index is 12.3. The van der Waals surface area contributed by atoms with E-state index in [1.165, 1.54) is 0 Å². The molecule has 0 radical (unpaired) electrons. The smallest absolute Gasteiger partial charge is 0.228 e. The quantitative estimate of drug-likeness (QED) is 0.719. The van der Waals surface area contributed by atoms with Crippen LogP contribution in [0.2, 0.25) is 0 Å². The fourth-order valence-electron chi connectivity index (χ4n) is 2.53. The first-order valence-corrected chi connectivity index (χ1v) is 8.17. The summed E-state index contributed by atoms with van der Waals surface area (Å²) < 4.78 is 0. The summed E-state index contributed by atoms with van der Waals surface area (Å²) in [5, 5.41) is 5.60. The molecule has 2 aromatic heterocycles. The van der Waals surface area contributed by atoms with Crippen LogP contribution in [-0.2, 0) is 22.4 Å². The Morgan fingerprint density at radius 2 is 1.15 bits per heavy atom. The van der Waals surface area contributed by atoms with Crippen molar-refractivity contribution in [2.24, 2.45) is 0 Å². The summed E-state index contributed by atoms with van der Waals surface area (Å²) in [5.41, 5.74) is 2.92. The van der Waals surface area contributed by atoms with Crippen LogP contribution >= 0.6 is 0 Å². The fraction of sp³-hybridized carbons (Fsp3) is 0.100. The van der Waals surface area contributed by atoms with Crippen LogP contribution in [0.25, 0.3) is 0 Å². The van der Waals surface area contributed by atoms with E-state index in [-0.39, 0.29) is 24.7 Å². The number of pyridine rings is 2. The van der Waals surface area contributed by atoms with E-state index in [1.807, 2.05) is 24.3 Å². The monoisotopic (exact) mass is 346 g/mol. The number of nitrogens with one attached hydrogen (secondary N) is 2. The molecule has 2 heterocycles. The SMILES string of the molecule is O=C(Cc1ccccc1CC(=O)Nc1cccnc1)Nc1cccnc1. The molecule has 0 saturated heterocycles. The molecule has 0 spiro atoms. The molecule has 0 saturated carbocycles. The second-order valence-corrected chi connectivity index (χ2v) is 5.70. The summed E-state index contributed by atoms with van der Waals surface area (Å²) in [5.74, 6) is -0.309. The number of nitrogens with zero attached hydrogens (tertiary/aromatic N) is 2. The van der Waals surface area contributed by atoms with Gasteiger partial charge in [-0.3, -0.25) is 19.6 Å². The number of rotatable bonds is 6. The Morgan fingerprint density at radius 3 is 1.54 bits per heavy atom. The minimum atomic E-state index is -0.155. The number of hydrogen-bond acceptors (Lipinski definition) is 4. The zero-order valence-corrected chi connectivity index (χ0v) is 14.1. The Bertz CT molecular complexity index is 808. The van der Waals surface area contributed by atoms with Gasteiger partial charge < -0.3 is 10.6 Å². The van der Waals surface area contributed by atoms with Gasteiger partial charge in [0, 0.05) is 12.4 Å². The Balaban J connectivity index is 1.64. The lowest BCUT2D eigenvalue weighted by molar-refractivity contribution is -0.116. The summed E-state index contributed by atoms with van der Waals surface area (Å²) in [7, 11) is 0. The van der Waals surface area contributed by atoms with E-state index in [4.69, 9.17) is 0 Å². The Kier molecular flexibility index (Phi) is 5.67. The van der Waals surface area contributed by atoms with Crippen LogP contribution in [0.15, 0.2) is 73.3 Å². The van der Waals surface area contributed by atoms with Gasteiger partial charge in [-0.2, -0.15) is 0 Å². The number of benzene rings is 1. The summed E-state index contributed by atoms with van der Waals surface area (Å²) in [6.07, 6.45) is 6.84. The van der Waals surface area contributed by atoms with Crippen molar-refractivity contribution in [3.05, 3.63) is 84.4 Å². The lowest BCUT2D eigenvalue weighted by Crippen LogP contribution is -2.18. The molecule has 0 unspecified atom stereocenters. The minimum Gasteiger partial charge on any atom is -0.324 e. The molecule has 6 nitrogen and oxygen atoms in total. The van der Waals surface area contributed by atoms with Crippen LogP contribution in [0.4, 0.5) is 11.4 Å². The number of carbonyl (C=O) groups is 2. The number of amides is 2.